The number of rotatable bonds is 6. The Morgan fingerprint density at radius 2 is 1.74 bits per heavy atom. The maximum atomic E-state index is 6.37. The van der Waals surface area contributed by atoms with E-state index in [-0.39, 0.29) is 0 Å². The molecule has 7 nitrogen and oxygen atoms in total. The highest BCUT2D eigenvalue weighted by molar-refractivity contribution is 5.95. The lowest BCUT2D eigenvalue weighted by Gasteiger charge is -2.21. The van der Waals surface area contributed by atoms with Crippen molar-refractivity contribution < 1.29 is 4.74 Å². The molecule has 7 heteroatoms. The number of aryl methyl sites for hydroxylation is 1. The largest absolute Gasteiger partial charge is 0.494 e. The first-order valence-electron chi connectivity index (χ1n) is 10.4. The third kappa shape index (κ3) is 3.42. The van der Waals surface area contributed by atoms with Gasteiger partial charge >= 0.3 is 0 Å². The van der Waals surface area contributed by atoms with E-state index in [1.807, 2.05) is 39.1 Å². The molecule has 160 valence electrons. The van der Waals surface area contributed by atoms with Gasteiger partial charge in [-0.3, -0.25) is 0 Å². The first-order valence-corrected chi connectivity index (χ1v) is 10.4. The molecule has 2 heterocycles. The maximum Gasteiger partial charge on any atom is 0.227 e. The number of hydrogen-bond acceptors (Lipinski definition) is 6. The summed E-state index contributed by atoms with van der Waals surface area (Å²) in [5, 5.41) is 4.51. The van der Waals surface area contributed by atoms with Gasteiger partial charge in [-0.25, -0.2) is 9.97 Å². The van der Waals surface area contributed by atoms with E-state index in [2.05, 4.69) is 33.2 Å². The summed E-state index contributed by atoms with van der Waals surface area (Å²) in [5.74, 6) is 1.16. The summed E-state index contributed by atoms with van der Waals surface area (Å²) >= 11 is 0. The van der Waals surface area contributed by atoms with E-state index in [4.69, 9.17) is 21.2 Å². The SMILES string of the molecule is CCc1c(N)c(N)c(CC)c(OC)c1Nc1nccc(-c2cn(C)c3ccccc23)n1. The van der Waals surface area contributed by atoms with Gasteiger partial charge in [0.05, 0.1) is 29.9 Å². The monoisotopic (exact) mass is 416 g/mol. The van der Waals surface area contributed by atoms with Crippen LogP contribution in [0.5, 0.6) is 5.75 Å². The highest BCUT2D eigenvalue weighted by atomic mass is 16.5. The molecule has 0 atom stereocenters. The van der Waals surface area contributed by atoms with Crippen LogP contribution in [0.15, 0.2) is 42.7 Å². The van der Waals surface area contributed by atoms with Crippen molar-refractivity contribution in [1.29, 1.82) is 0 Å². The summed E-state index contributed by atoms with van der Waals surface area (Å²) in [7, 11) is 3.68. The summed E-state index contributed by atoms with van der Waals surface area (Å²) in [4.78, 5) is 9.25. The number of nitrogens with one attached hydrogen (secondary N) is 1. The molecule has 4 aromatic rings. The standard InChI is InChI=1S/C24H28N6O/c1-5-14-20(25)21(26)15(6-2)23(31-4)22(14)29-24-27-12-11-18(28-24)17-13-30(3)19-10-8-7-9-16(17)19/h7-13H,5-6,25-26H2,1-4H3,(H,27,28,29). The van der Waals surface area contributed by atoms with Crippen molar-refractivity contribution >= 4 is 33.9 Å². The highest BCUT2D eigenvalue weighted by Gasteiger charge is 2.21. The number of hydrogen-bond donors (Lipinski definition) is 3. The minimum absolute atomic E-state index is 0.477. The number of methoxy groups -OCH3 is 1. The van der Waals surface area contributed by atoms with Crippen molar-refractivity contribution in [3.8, 4) is 17.0 Å². The zero-order valence-electron chi connectivity index (χ0n) is 18.4. The van der Waals surface area contributed by atoms with Crippen LogP contribution in [-0.2, 0) is 19.9 Å². The first kappa shape index (κ1) is 20.5. The second-order valence-corrected chi connectivity index (χ2v) is 7.46. The van der Waals surface area contributed by atoms with E-state index in [0.717, 1.165) is 39.0 Å². The Labute approximate surface area is 182 Å². The molecular weight excluding hydrogens is 388 g/mol. The van der Waals surface area contributed by atoms with Crippen molar-refractivity contribution in [2.24, 2.45) is 7.05 Å². The third-order valence-corrected chi connectivity index (χ3v) is 5.72. The highest BCUT2D eigenvalue weighted by Crippen LogP contribution is 2.43. The Morgan fingerprint density at radius 3 is 2.45 bits per heavy atom. The zero-order valence-corrected chi connectivity index (χ0v) is 18.4. The average molecular weight is 417 g/mol. The molecule has 0 radical (unpaired) electrons. The lowest BCUT2D eigenvalue weighted by atomic mass is 9.98. The molecule has 0 aliphatic carbocycles. The lowest BCUT2D eigenvalue weighted by Crippen LogP contribution is -2.10. The summed E-state index contributed by atoms with van der Waals surface area (Å²) in [6, 6.07) is 10.2. The molecule has 0 saturated carbocycles. The minimum atomic E-state index is 0.477. The molecule has 0 aliphatic heterocycles. The van der Waals surface area contributed by atoms with Crippen LogP contribution in [0, 0.1) is 0 Å². The Hall–Kier alpha value is -3.74. The van der Waals surface area contributed by atoms with Crippen molar-refractivity contribution in [3.05, 3.63) is 53.9 Å². The van der Waals surface area contributed by atoms with Crippen LogP contribution in [0.4, 0.5) is 23.0 Å². The van der Waals surface area contributed by atoms with Crippen LogP contribution >= 0.6 is 0 Å². The van der Waals surface area contributed by atoms with Gasteiger partial charge in [-0.2, -0.15) is 0 Å². The number of fused-ring (bicyclic) bond motifs is 1. The molecule has 5 N–H and O–H groups in total. The molecule has 31 heavy (non-hydrogen) atoms. The van der Waals surface area contributed by atoms with E-state index in [1.54, 1.807) is 13.3 Å². The van der Waals surface area contributed by atoms with E-state index >= 15 is 0 Å². The van der Waals surface area contributed by atoms with Gasteiger partial charge in [0.2, 0.25) is 5.95 Å². The fourth-order valence-corrected chi connectivity index (χ4v) is 4.17. The number of para-hydroxylation sites is 1. The second kappa shape index (κ2) is 8.18. The Balaban J connectivity index is 1.83. The van der Waals surface area contributed by atoms with Crippen molar-refractivity contribution in [2.45, 2.75) is 26.7 Å². The Morgan fingerprint density at radius 1 is 1.03 bits per heavy atom. The zero-order chi connectivity index (χ0) is 22.1. The number of nitrogens with zero attached hydrogens (tertiary/aromatic N) is 3. The molecule has 0 bridgehead atoms. The van der Waals surface area contributed by atoms with E-state index in [0.29, 0.717) is 35.9 Å². The van der Waals surface area contributed by atoms with Gasteiger partial charge in [-0.05, 0) is 25.0 Å². The van der Waals surface area contributed by atoms with Crippen LogP contribution in [-0.4, -0.2) is 21.6 Å². The summed E-state index contributed by atoms with van der Waals surface area (Å²) < 4.78 is 7.84. The smallest absolute Gasteiger partial charge is 0.227 e. The van der Waals surface area contributed by atoms with Crippen molar-refractivity contribution in [3.63, 3.8) is 0 Å². The quantitative estimate of drug-likeness (QED) is 0.394. The van der Waals surface area contributed by atoms with Gasteiger partial charge < -0.3 is 26.1 Å². The van der Waals surface area contributed by atoms with Gasteiger partial charge in [0.15, 0.2) is 0 Å². The number of nitrogen functional groups attached to an aromatic ring is 2. The number of nitrogens with two attached hydrogens (primary N) is 2. The average Bonchev–Trinajstić information content (AvgIpc) is 3.13. The second-order valence-electron chi connectivity index (χ2n) is 7.46. The molecule has 0 fully saturated rings. The number of anilines is 4. The predicted octanol–water partition coefficient (Wildman–Crippen LogP) is 4.68. The van der Waals surface area contributed by atoms with Crippen LogP contribution in [0.1, 0.15) is 25.0 Å². The number of benzene rings is 2. The van der Waals surface area contributed by atoms with Crippen molar-refractivity contribution in [1.82, 2.24) is 14.5 Å². The number of aromatic nitrogens is 3. The third-order valence-electron chi connectivity index (χ3n) is 5.72. The molecular formula is C24H28N6O. The lowest BCUT2D eigenvalue weighted by molar-refractivity contribution is 0.412. The van der Waals surface area contributed by atoms with E-state index < -0.39 is 0 Å². The normalized spacial score (nSPS) is 11.1. The molecule has 0 spiro atoms. The molecule has 0 aliphatic rings. The maximum absolute atomic E-state index is 6.37. The van der Waals surface area contributed by atoms with E-state index in [1.165, 1.54) is 0 Å². The van der Waals surface area contributed by atoms with Gasteiger partial charge in [-0.15, -0.1) is 0 Å². The predicted molar refractivity (Wildman–Crippen MR) is 128 cm³/mol. The molecule has 0 unspecified atom stereocenters. The molecule has 2 aromatic heterocycles. The first-order chi connectivity index (χ1) is 15.0. The van der Waals surface area contributed by atoms with Gasteiger partial charge in [0.25, 0.3) is 0 Å². The van der Waals surface area contributed by atoms with Gasteiger partial charge in [0.1, 0.15) is 5.75 Å². The molecule has 0 amide bonds. The van der Waals surface area contributed by atoms with Crippen LogP contribution in [0.2, 0.25) is 0 Å². The molecule has 0 saturated heterocycles. The van der Waals surface area contributed by atoms with Gasteiger partial charge in [-0.1, -0.05) is 32.0 Å². The Bertz CT molecular complexity index is 1260. The fourth-order valence-electron chi connectivity index (χ4n) is 4.17. The topological polar surface area (TPSA) is 104 Å². The van der Waals surface area contributed by atoms with Crippen LogP contribution in [0.3, 0.4) is 0 Å². The van der Waals surface area contributed by atoms with Crippen LogP contribution in [0.25, 0.3) is 22.2 Å². The Kier molecular flexibility index (Phi) is 5.42. The summed E-state index contributed by atoms with van der Waals surface area (Å²) in [5.41, 5.74) is 19.4. The fraction of sp³-hybridized carbons (Fsp3) is 0.250. The molecule has 2 aromatic carbocycles. The van der Waals surface area contributed by atoms with Crippen LogP contribution < -0.4 is 21.5 Å². The van der Waals surface area contributed by atoms with E-state index in [9.17, 15) is 0 Å². The summed E-state index contributed by atoms with van der Waals surface area (Å²) in [6.45, 7) is 4.06. The summed E-state index contributed by atoms with van der Waals surface area (Å²) in [6.07, 6.45) is 5.24. The number of ether oxygens (including phenoxy) is 1. The minimum Gasteiger partial charge on any atom is -0.494 e. The van der Waals surface area contributed by atoms with Gasteiger partial charge in [0, 0.05) is 47.0 Å². The molecule has 4 rings (SSSR count). The van der Waals surface area contributed by atoms with Crippen molar-refractivity contribution in [2.75, 3.05) is 23.9 Å².